The Hall–Kier alpha value is -1.83. The van der Waals surface area contributed by atoms with Crippen LogP contribution in [0.1, 0.15) is 39.6 Å². The molecule has 0 saturated heterocycles. The summed E-state index contributed by atoms with van der Waals surface area (Å²) in [4.78, 5) is 14.7. The van der Waals surface area contributed by atoms with E-state index in [1.807, 2.05) is 22.8 Å². The molecule has 0 aliphatic heterocycles. The normalized spacial score (nSPS) is 12.9. The van der Waals surface area contributed by atoms with Gasteiger partial charge in [0, 0.05) is 29.7 Å². The number of hydrogen-bond acceptors (Lipinski definition) is 6. The molecule has 28 heavy (non-hydrogen) atoms. The third kappa shape index (κ3) is 4.42. The lowest BCUT2D eigenvalue weighted by atomic mass is 9.93. The average Bonchev–Trinajstić information content (AvgIpc) is 3.07. The minimum Gasteiger partial charge on any atom is -0.396 e. The van der Waals surface area contributed by atoms with Crippen molar-refractivity contribution in [2.75, 3.05) is 11.9 Å². The third-order valence-electron chi connectivity index (χ3n) is 4.86. The molecule has 1 atom stereocenters. The molecule has 3 rings (SSSR count). The maximum absolute atomic E-state index is 9.72. The van der Waals surface area contributed by atoms with Gasteiger partial charge in [0.05, 0.1) is 11.3 Å². The van der Waals surface area contributed by atoms with Gasteiger partial charge < -0.3 is 15.0 Å². The fourth-order valence-electron chi connectivity index (χ4n) is 2.98. The van der Waals surface area contributed by atoms with Crippen molar-refractivity contribution in [1.82, 2.24) is 19.5 Å². The number of imidazole rings is 1. The first-order chi connectivity index (χ1) is 13.3. The van der Waals surface area contributed by atoms with E-state index >= 15 is 0 Å². The van der Waals surface area contributed by atoms with Crippen LogP contribution in [0.15, 0.2) is 29.4 Å². The van der Waals surface area contributed by atoms with Crippen LogP contribution in [0.25, 0.3) is 11.2 Å². The number of benzene rings is 1. The third-order valence-corrected chi connectivity index (χ3v) is 5.69. The smallest absolute Gasteiger partial charge is 0.166 e. The van der Waals surface area contributed by atoms with Crippen molar-refractivity contribution < 1.29 is 5.11 Å². The Morgan fingerprint density at radius 1 is 1.21 bits per heavy atom. The zero-order valence-corrected chi connectivity index (χ0v) is 18.2. The molecule has 0 radical (unpaired) electrons. The Balaban J connectivity index is 2.07. The van der Waals surface area contributed by atoms with Crippen LogP contribution in [0.4, 0.5) is 11.5 Å². The van der Waals surface area contributed by atoms with Gasteiger partial charge in [-0.3, -0.25) is 0 Å². The van der Waals surface area contributed by atoms with Gasteiger partial charge in [-0.15, -0.1) is 12.6 Å². The number of aliphatic hydroxyl groups is 1. The first-order valence-corrected chi connectivity index (χ1v) is 10.2. The maximum Gasteiger partial charge on any atom is 0.166 e. The minimum absolute atomic E-state index is 0.0960. The first kappa shape index (κ1) is 20.9. The van der Waals surface area contributed by atoms with Gasteiger partial charge in [-0.05, 0) is 43.9 Å². The molecule has 3 aromatic rings. The molecule has 6 nitrogen and oxygen atoms in total. The van der Waals surface area contributed by atoms with Crippen LogP contribution in [0.5, 0.6) is 0 Å². The van der Waals surface area contributed by atoms with Crippen molar-refractivity contribution in [3.63, 3.8) is 0 Å². The van der Waals surface area contributed by atoms with Crippen molar-refractivity contribution in [2.45, 2.75) is 45.1 Å². The van der Waals surface area contributed by atoms with Gasteiger partial charge in [0.2, 0.25) is 0 Å². The van der Waals surface area contributed by atoms with Crippen LogP contribution in [0.3, 0.4) is 0 Å². The number of fused-ring (bicyclic) bond motifs is 1. The topological polar surface area (TPSA) is 75.9 Å². The van der Waals surface area contributed by atoms with Crippen molar-refractivity contribution >= 4 is 46.9 Å². The van der Waals surface area contributed by atoms with Crippen LogP contribution in [-0.4, -0.2) is 31.2 Å². The summed E-state index contributed by atoms with van der Waals surface area (Å²) >= 11 is 10.5. The highest BCUT2D eigenvalue weighted by molar-refractivity contribution is 7.80. The van der Waals surface area contributed by atoms with Crippen molar-refractivity contribution in [3.05, 3.63) is 35.4 Å². The van der Waals surface area contributed by atoms with Gasteiger partial charge in [0.1, 0.15) is 5.82 Å². The fraction of sp³-hybridized carbons (Fsp3) is 0.450. The number of nitrogens with one attached hydrogen (secondary N) is 1. The largest absolute Gasteiger partial charge is 0.396 e. The van der Waals surface area contributed by atoms with Crippen molar-refractivity contribution in [2.24, 2.45) is 11.8 Å². The lowest BCUT2D eigenvalue weighted by Crippen LogP contribution is -2.18. The van der Waals surface area contributed by atoms with E-state index in [4.69, 9.17) is 21.6 Å². The Kier molecular flexibility index (Phi) is 6.47. The molecule has 2 N–H and O–H groups in total. The molecule has 0 aliphatic rings. The lowest BCUT2D eigenvalue weighted by Gasteiger charge is -2.18. The van der Waals surface area contributed by atoms with E-state index in [0.29, 0.717) is 39.4 Å². The number of rotatable bonds is 7. The monoisotopic (exact) mass is 419 g/mol. The number of anilines is 2. The Morgan fingerprint density at radius 3 is 2.57 bits per heavy atom. The molecule has 0 saturated carbocycles. The van der Waals surface area contributed by atoms with Gasteiger partial charge in [0.25, 0.3) is 0 Å². The molecular formula is C20H26ClN5OS. The van der Waals surface area contributed by atoms with Crippen LogP contribution in [0.2, 0.25) is 5.02 Å². The molecule has 0 unspecified atom stereocenters. The average molecular weight is 420 g/mol. The molecule has 150 valence electrons. The summed E-state index contributed by atoms with van der Waals surface area (Å²) < 4.78 is 2.03. The Bertz CT molecular complexity index is 973. The molecule has 0 spiro atoms. The number of aliphatic hydroxyl groups excluding tert-OH is 1. The van der Waals surface area contributed by atoms with Crippen molar-refractivity contribution in [1.29, 1.82) is 0 Å². The Labute approximate surface area is 175 Å². The Morgan fingerprint density at radius 2 is 1.96 bits per heavy atom. The number of halogens is 1. The molecule has 0 amide bonds. The van der Waals surface area contributed by atoms with E-state index in [9.17, 15) is 5.11 Å². The standard InChI is InChI=1S/C20H26ClN5OS/c1-11(2)13(9-27)7-17-24-19(23-14-5-6-16(28)15(21)8-14)18-20(25-17)26(10-22-18)12(3)4/h5-6,8,10-13,27-28H,7,9H2,1-4H3,(H,23,24,25)/t13-/m0/s1. The van der Waals surface area contributed by atoms with E-state index in [1.165, 1.54) is 0 Å². The number of thiol groups is 1. The first-order valence-electron chi connectivity index (χ1n) is 9.40. The number of hydrogen-bond donors (Lipinski definition) is 3. The van der Waals surface area contributed by atoms with E-state index in [-0.39, 0.29) is 18.6 Å². The molecule has 2 heterocycles. The second-order valence-corrected chi connectivity index (χ2v) is 8.48. The van der Waals surface area contributed by atoms with E-state index < -0.39 is 0 Å². The molecule has 0 bridgehead atoms. The summed E-state index contributed by atoms with van der Waals surface area (Å²) in [5.74, 6) is 1.74. The highest BCUT2D eigenvalue weighted by atomic mass is 35.5. The summed E-state index contributed by atoms with van der Waals surface area (Å²) in [5, 5.41) is 13.6. The summed E-state index contributed by atoms with van der Waals surface area (Å²) in [6.45, 7) is 8.47. The molecule has 2 aromatic heterocycles. The van der Waals surface area contributed by atoms with Crippen LogP contribution < -0.4 is 5.32 Å². The van der Waals surface area contributed by atoms with E-state index in [2.05, 4.69) is 50.6 Å². The highest BCUT2D eigenvalue weighted by Gasteiger charge is 2.19. The predicted molar refractivity (Wildman–Crippen MR) is 117 cm³/mol. The zero-order chi connectivity index (χ0) is 20.4. The molecule has 0 aliphatic carbocycles. The minimum atomic E-state index is 0.0960. The van der Waals surface area contributed by atoms with Crippen LogP contribution in [-0.2, 0) is 6.42 Å². The second kappa shape index (κ2) is 8.68. The molecule has 0 fully saturated rings. The molecule has 8 heteroatoms. The van der Waals surface area contributed by atoms with E-state index in [0.717, 1.165) is 11.3 Å². The van der Waals surface area contributed by atoms with Gasteiger partial charge in [-0.2, -0.15) is 0 Å². The zero-order valence-electron chi connectivity index (χ0n) is 16.5. The second-order valence-electron chi connectivity index (χ2n) is 7.59. The predicted octanol–water partition coefficient (Wildman–Crippen LogP) is 4.90. The quantitative estimate of drug-likeness (QED) is 0.475. The summed E-state index contributed by atoms with van der Waals surface area (Å²) in [6, 6.07) is 5.76. The van der Waals surface area contributed by atoms with Gasteiger partial charge in [-0.1, -0.05) is 25.4 Å². The van der Waals surface area contributed by atoms with Crippen molar-refractivity contribution in [3.8, 4) is 0 Å². The maximum atomic E-state index is 9.72. The number of nitrogens with zero attached hydrogens (tertiary/aromatic N) is 4. The van der Waals surface area contributed by atoms with E-state index in [1.54, 1.807) is 6.33 Å². The van der Waals surface area contributed by atoms with Crippen LogP contribution >= 0.6 is 24.2 Å². The fourth-order valence-corrected chi connectivity index (χ4v) is 3.30. The SMILES string of the molecule is CC(C)[C@H](CO)Cc1nc(Nc2ccc(S)c(Cl)c2)c2ncn(C(C)C)c2n1. The summed E-state index contributed by atoms with van der Waals surface area (Å²) in [7, 11) is 0. The van der Waals surface area contributed by atoms with Gasteiger partial charge >= 0.3 is 0 Å². The number of aromatic nitrogens is 4. The van der Waals surface area contributed by atoms with Gasteiger partial charge in [0.15, 0.2) is 17.0 Å². The highest BCUT2D eigenvalue weighted by Crippen LogP contribution is 2.29. The molecular weight excluding hydrogens is 394 g/mol. The summed E-state index contributed by atoms with van der Waals surface area (Å²) in [6.07, 6.45) is 2.38. The van der Waals surface area contributed by atoms with Gasteiger partial charge in [-0.25, -0.2) is 15.0 Å². The lowest BCUT2D eigenvalue weighted by molar-refractivity contribution is 0.187. The molecule has 1 aromatic carbocycles. The van der Waals surface area contributed by atoms with Crippen LogP contribution in [0, 0.1) is 11.8 Å². The summed E-state index contributed by atoms with van der Waals surface area (Å²) in [5.41, 5.74) is 2.28.